The fourth-order valence-corrected chi connectivity index (χ4v) is 5.65. The summed E-state index contributed by atoms with van der Waals surface area (Å²) < 4.78 is 52.5. The van der Waals surface area contributed by atoms with Gasteiger partial charge in [0.05, 0.1) is 10.6 Å². The summed E-state index contributed by atoms with van der Waals surface area (Å²) in [5.74, 6) is 0.109. The van der Waals surface area contributed by atoms with Gasteiger partial charge in [0.1, 0.15) is 0 Å². The van der Waals surface area contributed by atoms with E-state index in [4.69, 9.17) is 0 Å². The quantitative estimate of drug-likeness (QED) is 0.796. The number of nitrogens with zero attached hydrogens (tertiary/aromatic N) is 2. The zero-order valence-electron chi connectivity index (χ0n) is 13.6. The van der Waals surface area contributed by atoms with Crippen molar-refractivity contribution in [1.29, 1.82) is 0 Å². The van der Waals surface area contributed by atoms with Crippen molar-refractivity contribution >= 4 is 20.0 Å². The second kappa shape index (κ2) is 7.29. The van der Waals surface area contributed by atoms with E-state index in [0.29, 0.717) is 25.9 Å². The van der Waals surface area contributed by atoms with Crippen molar-refractivity contribution in [3.63, 3.8) is 0 Å². The topological polar surface area (TPSA) is 74.8 Å². The lowest BCUT2D eigenvalue weighted by Crippen LogP contribution is -2.38. The lowest BCUT2D eigenvalue weighted by atomic mass is 10.2. The Hall–Kier alpha value is -0.960. The molecule has 6 nitrogen and oxygen atoms in total. The van der Waals surface area contributed by atoms with E-state index >= 15 is 0 Å². The Morgan fingerprint density at radius 1 is 0.913 bits per heavy atom. The van der Waals surface area contributed by atoms with Gasteiger partial charge in [-0.3, -0.25) is 0 Å². The summed E-state index contributed by atoms with van der Waals surface area (Å²) in [5, 5.41) is 0. The second-order valence-corrected chi connectivity index (χ2v) is 9.81. The van der Waals surface area contributed by atoms with Gasteiger partial charge in [-0.15, -0.1) is 0 Å². The third-order valence-electron chi connectivity index (χ3n) is 3.93. The van der Waals surface area contributed by atoms with Gasteiger partial charge in [-0.2, -0.15) is 4.31 Å². The molecular weight excluding hydrogens is 336 g/mol. The van der Waals surface area contributed by atoms with Crippen LogP contribution in [0.2, 0.25) is 0 Å². The van der Waals surface area contributed by atoms with E-state index in [2.05, 4.69) is 0 Å². The molecule has 0 atom stereocenters. The summed E-state index contributed by atoms with van der Waals surface area (Å²) in [4.78, 5) is 0.257. The highest BCUT2D eigenvalue weighted by atomic mass is 32.2. The van der Waals surface area contributed by atoms with Crippen LogP contribution in [0, 0.1) is 6.92 Å². The maximum absolute atomic E-state index is 12.7. The van der Waals surface area contributed by atoms with Crippen molar-refractivity contribution in [2.24, 2.45) is 0 Å². The Kier molecular flexibility index (Phi) is 5.83. The van der Waals surface area contributed by atoms with Crippen molar-refractivity contribution in [2.75, 3.05) is 31.9 Å². The van der Waals surface area contributed by atoms with Crippen molar-refractivity contribution in [3.05, 3.63) is 29.8 Å². The van der Waals surface area contributed by atoms with Gasteiger partial charge >= 0.3 is 0 Å². The third-order valence-corrected chi connectivity index (χ3v) is 7.92. The first-order valence-electron chi connectivity index (χ1n) is 7.82. The summed E-state index contributed by atoms with van der Waals surface area (Å²) in [6, 6.07) is 6.73. The minimum atomic E-state index is -3.57. The molecule has 1 heterocycles. The number of aryl methyl sites for hydroxylation is 1. The Morgan fingerprint density at radius 2 is 1.48 bits per heavy atom. The molecule has 8 heteroatoms. The third kappa shape index (κ3) is 4.32. The zero-order chi connectivity index (χ0) is 17.1. The normalized spacial score (nSPS) is 18.7. The maximum atomic E-state index is 12.7. The molecule has 0 radical (unpaired) electrons. The van der Waals surface area contributed by atoms with Crippen LogP contribution in [0.3, 0.4) is 0 Å². The number of benzene rings is 1. The Morgan fingerprint density at radius 3 is 2.09 bits per heavy atom. The number of sulfonamides is 2. The molecule has 130 valence electrons. The molecule has 1 aromatic carbocycles. The molecule has 0 spiro atoms. The lowest BCUT2D eigenvalue weighted by molar-refractivity contribution is 0.404. The fourth-order valence-electron chi connectivity index (χ4n) is 2.63. The predicted octanol–water partition coefficient (Wildman–Crippen LogP) is 1.43. The van der Waals surface area contributed by atoms with E-state index in [9.17, 15) is 16.8 Å². The molecule has 0 N–H and O–H groups in total. The van der Waals surface area contributed by atoms with E-state index in [1.54, 1.807) is 24.3 Å². The molecule has 1 aliphatic rings. The summed E-state index contributed by atoms with van der Waals surface area (Å²) in [5.41, 5.74) is 0.997. The summed E-state index contributed by atoms with van der Waals surface area (Å²) in [6.45, 7) is 4.85. The van der Waals surface area contributed by atoms with Gasteiger partial charge in [-0.1, -0.05) is 24.6 Å². The van der Waals surface area contributed by atoms with Crippen molar-refractivity contribution in [1.82, 2.24) is 8.61 Å². The van der Waals surface area contributed by atoms with E-state index in [1.807, 2.05) is 13.8 Å². The Bertz CT molecular complexity index is 727. The smallest absolute Gasteiger partial charge is 0.212 e. The highest BCUT2D eigenvalue weighted by Gasteiger charge is 2.30. The molecule has 0 unspecified atom stereocenters. The molecule has 0 aliphatic carbocycles. The van der Waals surface area contributed by atoms with Crippen molar-refractivity contribution in [3.8, 4) is 0 Å². The average molecular weight is 361 g/mol. The van der Waals surface area contributed by atoms with Crippen LogP contribution in [-0.2, 0) is 20.0 Å². The lowest BCUT2D eigenvalue weighted by Gasteiger charge is -2.21. The molecular formula is C15H24N2O4S2. The highest BCUT2D eigenvalue weighted by molar-refractivity contribution is 7.89. The monoisotopic (exact) mass is 360 g/mol. The van der Waals surface area contributed by atoms with Gasteiger partial charge in [0.25, 0.3) is 0 Å². The van der Waals surface area contributed by atoms with Crippen LogP contribution in [0.1, 0.15) is 25.3 Å². The van der Waals surface area contributed by atoms with Gasteiger partial charge in [-0.05, 0) is 31.9 Å². The molecule has 1 saturated heterocycles. The number of rotatable bonds is 5. The highest BCUT2D eigenvalue weighted by Crippen LogP contribution is 2.19. The summed E-state index contributed by atoms with van der Waals surface area (Å²) in [7, 11) is -6.86. The first kappa shape index (κ1) is 18.4. The number of hydrogen-bond donors (Lipinski definition) is 0. The van der Waals surface area contributed by atoms with Gasteiger partial charge in [0.15, 0.2) is 0 Å². The minimum absolute atomic E-state index is 0.109. The molecule has 2 rings (SSSR count). The molecule has 1 aromatic rings. The first-order valence-corrected chi connectivity index (χ1v) is 10.9. The minimum Gasteiger partial charge on any atom is -0.212 e. The second-order valence-electron chi connectivity index (χ2n) is 5.79. The number of hydrogen-bond acceptors (Lipinski definition) is 4. The van der Waals surface area contributed by atoms with Crippen LogP contribution in [0.4, 0.5) is 0 Å². The standard InChI is InChI=1S/C15H24N2O4S2/c1-3-13-22(18,19)16-9-4-10-17(12-11-16)23(20,21)15-7-5-14(2)6-8-15/h5-8H,3-4,9-13H2,1-2H3. The molecule has 0 amide bonds. The predicted molar refractivity (Wildman–Crippen MR) is 90.2 cm³/mol. The van der Waals surface area contributed by atoms with E-state index in [1.165, 1.54) is 8.61 Å². The first-order chi connectivity index (χ1) is 10.8. The van der Waals surface area contributed by atoms with Gasteiger partial charge in [-0.25, -0.2) is 21.1 Å². The molecule has 1 aliphatic heterocycles. The fraction of sp³-hybridized carbons (Fsp3) is 0.600. The summed E-state index contributed by atoms with van der Waals surface area (Å²) in [6.07, 6.45) is 1.07. The molecule has 0 saturated carbocycles. The van der Waals surface area contributed by atoms with Crippen LogP contribution >= 0.6 is 0 Å². The van der Waals surface area contributed by atoms with Crippen LogP contribution in [-0.4, -0.2) is 57.4 Å². The van der Waals surface area contributed by atoms with Crippen LogP contribution in [0.5, 0.6) is 0 Å². The van der Waals surface area contributed by atoms with Crippen LogP contribution in [0.15, 0.2) is 29.2 Å². The van der Waals surface area contributed by atoms with Gasteiger partial charge in [0.2, 0.25) is 20.0 Å². The molecule has 0 aromatic heterocycles. The zero-order valence-corrected chi connectivity index (χ0v) is 15.2. The van der Waals surface area contributed by atoms with Gasteiger partial charge < -0.3 is 0 Å². The Labute approximate surface area is 139 Å². The Balaban J connectivity index is 2.15. The van der Waals surface area contributed by atoms with Crippen molar-refractivity contribution < 1.29 is 16.8 Å². The van der Waals surface area contributed by atoms with Crippen LogP contribution in [0.25, 0.3) is 0 Å². The van der Waals surface area contributed by atoms with E-state index in [0.717, 1.165) is 5.56 Å². The molecule has 0 bridgehead atoms. The molecule has 23 heavy (non-hydrogen) atoms. The van der Waals surface area contributed by atoms with Crippen molar-refractivity contribution in [2.45, 2.75) is 31.6 Å². The molecule has 1 fully saturated rings. The maximum Gasteiger partial charge on any atom is 0.243 e. The van der Waals surface area contributed by atoms with E-state index in [-0.39, 0.29) is 23.7 Å². The van der Waals surface area contributed by atoms with Gasteiger partial charge in [0, 0.05) is 26.2 Å². The largest absolute Gasteiger partial charge is 0.243 e. The average Bonchev–Trinajstić information content (AvgIpc) is 2.74. The summed E-state index contributed by atoms with van der Waals surface area (Å²) >= 11 is 0. The van der Waals surface area contributed by atoms with E-state index < -0.39 is 20.0 Å². The van der Waals surface area contributed by atoms with Crippen LogP contribution < -0.4 is 0 Å². The SMILES string of the molecule is CCCS(=O)(=O)N1CCCN(S(=O)(=O)c2ccc(C)cc2)CC1.